The number of benzene rings is 1. The number of carbonyl (C=O) groups excluding carboxylic acids is 1. The van der Waals surface area contributed by atoms with Crippen molar-refractivity contribution in [2.45, 2.75) is 39.2 Å². The Balaban J connectivity index is 1.53. The third kappa shape index (κ3) is 3.54. The Kier molecular flexibility index (Phi) is 4.94. The van der Waals surface area contributed by atoms with E-state index >= 15 is 0 Å². The quantitative estimate of drug-likeness (QED) is 0.702. The zero-order valence-electron chi connectivity index (χ0n) is 16.6. The Hall–Kier alpha value is -3.02. The Morgan fingerprint density at radius 2 is 1.89 bits per heavy atom. The molecule has 3 aromatic rings. The highest BCUT2D eigenvalue weighted by atomic mass is 16.2. The lowest BCUT2D eigenvalue weighted by atomic mass is 9.95. The third-order valence-corrected chi connectivity index (χ3v) is 5.43. The van der Waals surface area contributed by atoms with Gasteiger partial charge in [0.2, 0.25) is 0 Å². The average Bonchev–Trinajstić information content (AvgIpc) is 3.12. The Labute approximate surface area is 165 Å². The predicted molar refractivity (Wildman–Crippen MR) is 108 cm³/mol. The molecular formula is C22H25N5O. The molecular weight excluding hydrogens is 350 g/mol. The maximum absolute atomic E-state index is 12.7. The van der Waals surface area contributed by atoms with Crippen molar-refractivity contribution in [2.75, 3.05) is 7.05 Å². The van der Waals surface area contributed by atoms with Crippen LogP contribution in [-0.4, -0.2) is 37.4 Å². The summed E-state index contributed by atoms with van der Waals surface area (Å²) in [6, 6.07) is 7.58. The van der Waals surface area contributed by atoms with Gasteiger partial charge in [-0.15, -0.1) is 0 Å². The summed E-state index contributed by atoms with van der Waals surface area (Å²) in [5.41, 5.74) is 5.17. The van der Waals surface area contributed by atoms with Crippen molar-refractivity contribution in [1.82, 2.24) is 24.4 Å². The molecule has 0 bridgehead atoms. The number of imidazole rings is 1. The van der Waals surface area contributed by atoms with E-state index in [9.17, 15) is 4.79 Å². The number of aryl methyl sites for hydroxylation is 3. The van der Waals surface area contributed by atoms with Crippen molar-refractivity contribution in [1.29, 1.82) is 0 Å². The van der Waals surface area contributed by atoms with E-state index in [0.717, 1.165) is 35.7 Å². The maximum atomic E-state index is 12.7. The van der Waals surface area contributed by atoms with E-state index in [1.165, 1.54) is 24.1 Å². The first kappa shape index (κ1) is 18.3. The van der Waals surface area contributed by atoms with Crippen LogP contribution >= 0.6 is 0 Å². The summed E-state index contributed by atoms with van der Waals surface area (Å²) in [6.07, 6.45) is 8.14. The fourth-order valence-corrected chi connectivity index (χ4v) is 3.73. The van der Waals surface area contributed by atoms with Crippen molar-refractivity contribution < 1.29 is 4.79 Å². The zero-order valence-corrected chi connectivity index (χ0v) is 16.6. The molecule has 0 unspecified atom stereocenters. The van der Waals surface area contributed by atoms with Gasteiger partial charge in [-0.3, -0.25) is 4.79 Å². The van der Waals surface area contributed by atoms with E-state index in [1.54, 1.807) is 18.1 Å². The van der Waals surface area contributed by atoms with Gasteiger partial charge in [-0.25, -0.2) is 15.0 Å². The molecule has 0 saturated heterocycles. The molecule has 6 nitrogen and oxygen atoms in total. The van der Waals surface area contributed by atoms with E-state index < -0.39 is 0 Å². The van der Waals surface area contributed by atoms with Gasteiger partial charge in [0, 0.05) is 49.0 Å². The topological polar surface area (TPSA) is 63.9 Å². The monoisotopic (exact) mass is 375 g/mol. The largest absolute Gasteiger partial charge is 0.337 e. The van der Waals surface area contributed by atoms with Crippen LogP contribution in [0.5, 0.6) is 0 Å². The fourth-order valence-electron chi connectivity index (χ4n) is 3.73. The summed E-state index contributed by atoms with van der Waals surface area (Å²) >= 11 is 0. The Morgan fingerprint density at radius 3 is 2.61 bits per heavy atom. The van der Waals surface area contributed by atoms with Gasteiger partial charge in [0.15, 0.2) is 5.82 Å². The van der Waals surface area contributed by atoms with Crippen LogP contribution < -0.4 is 0 Å². The van der Waals surface area contributed by atoms with Crippen LogP contribution in [0.2, 0.25) is 0 Å². The molecule has 4 rings (SSSR count). The first-order chi connectivity index (χ1) is 13.5. The minimum atomic E-state index is -0.0305. The summed E-state index contributed by atoms with van der Waals surface area (Å²) in [7, 11) is 3.72. The molecule has 0 aliphatic heterocycles. The van der Waals surface area contributed by atoms with Crippen molar-refractivity contribution in [3.63, 3.8) is 0 Å². The normalized spacial score (nSPS) is 13.2. The molecule has 0 fully saturated rings. The van der Waals surface area contributed by atoms with Crippen LogP contribution in [0, 0.1) is 6.92 Å². The summed E-state index contributed by atoms with van der Waals surface area (Å²) < 4.78 is 1.92. The molecule has 1 aliphatic rings. The van der Waals surface area contributed by atoms with E-state index in [4.69, 9.17) is 9.97 Å². The van der Waals surface area contributed by atoms with Crippen molar-refractivity contribution in [2.24, 2.45) is 7.05 Å². The van der Waals surface area contributed by atoms with Gasteiger partial charge >= 0.3 is 0 Å². The number of fused-ring (bicyclic) bond motifs is 1. The summed E-state index contributed by atoms with van der Waals surface area (Å²) in [4.78, 5) is 28.2. The standard InChI is InChI=1S/C22H25N5O/c1-15-18-6-4-5-7-19(18)25-21(24-15)16-8-10-17(11-9-16)22(28)27(3)14-20-23-12-13-26(20)2/h8-13H,4-7,14H2,1-3H3. The highest BCUT2D eigenvalue weighted by Gasteiger charge is 2.17. The molecule has 1 aromatic carbocycles. The fraction of sp³-hybridized carbons (Fsp3) is 0.364. The van der Waals surface area contributed by atoms with E-state index in [0.29, 0.717) is 12.1 Å². The van der Waals surface area contributed by atoms with Crippen molar-refractivity contribution in [3.05, 3.63) is 65.0 Å². The maximum Gasteiger partial charge on any atom is 0.254 e. The van der Waals surface area contributed by atoms with Gasteiger partial charge in [-0.2, -0.15) is 0 Å². The lowest BCUT2D eigenvalue weighted by Gasteiger charge is -2.18. The first-order valence-corrected chi connectivity index (χ1v) is 9.71. The van der Waals surface area contributed by atoms with Gasteiger partial charge < -0.3 is 9.47 Å². The zero-order chi connectivity index (χ0) is 19.7. The van der Waals surface area contributed by atoms with Crippen molar-refractivity contribution >= 4 is 5.91 Å². The molecule has 144 valence electrons. The number of nitrogens with zero attached hydrogens (tertiary/aromatic N) is 5. The molecule has 1 aliphatic carbocycles. The van der Waals surface area contributed by atoms with Crippen LogP contribution in [-0.2, 0) is 26.4 Å². The molecule has 1 amide bonds. The molecule has 0 radical (unpaired) electrons. The van der Waals surface area contributed by atoms with Crippen molar-refractivity contribution in [3.8, 4) is 11.4 Å². The summed E-state index contributed by atoms with van der Waals surface area (Å²) in [5.74, 6) is 1.57. The smallest absolute Gasteiger partial charge is 0.254 e. The third-order valence-electron chi connectivity index (χ3n) is 5.43. The van der Waals surface area contributed by atoms with Crippen LogP contribution in [0.4, 0.5) is 0 Å². The number of aromatic nitrogens is 4. The van der Waals surface area contributed by atoms with Crippen LogP contribution in [0.15, 0.2) is 36.7 Å². The minimum Gasteiger partial charge on any atom is -0.337 e. The number of rotatable bonds is 4. The summed E-state index contributed by atoms with van der Waals surface area (Å²) in [6.45, 7) is 2.54. The molecule has 28 heavy (non-hydrogen) atoms. The SMILES string of the molecule is Cc1nc(-c2ccc(C(=O)N(C)Cc3nccn3C)cc2)nc2c1CCCC2. The van der Waals surface area contributed by atoms with E-state index in [1.807, 2.05) is 42.1 Å². The summed E-state index contributed by atoms with van der Waals surface area (Å²) in [5, 5.41) is 0. The highest BCUT2D eigenvalue weighted by Crippen LogP contribution is 2.25. The van der Waals surface area contributed by atoms with Crippen LogP contribution in [0.1, 0.15) is 46.0 Å². The minimum absolute atomic E-state index is 0.0305. The number of hydrogen-bond donors (Lipinski definition) is 0. The molecule has 2 heterocycles. The second-order valence-electron chi connectivity index (χ2n) is 7.46. The highest BCUT2D eigenvalue weighted by molar-refractivity contribution is 5.94. The molecule has 0 atom stereocenters. The van der Waals surface area contributed by atoms with Gasteiger partial charge in [-0.05, 0) is 50.3 Å². The second kappa shape index (κ2) is 7.54. The Morgan fingerprint density at radius 1 is 1.14 bits per heavy atom. The van der Waals surface area contributed by atoms with Gasteiger partial charge in [0.25, 0.3) is 5.91 Å². The first-order valence-electron chi connectivity index (χ1n) is 9.71. The second-order valence-corrected chi connectivity index (χ2v) is 7.46. The predicted octanol–water partition coefficient (Wildman–Crippen LogP) is 3.34. The van der Waals surface area contributed by atoms with Gasteiger partial charge in [-0.1, -0.05) is 12.1 Å². The molecule has 0 spiro atoms. The van der Waals surface area contributed by atoms with Crippen LogP contribution in [0.25, 0.3) is 11.4 Å². The number of carbonyl (C=O) groups is 1. The van der Waals surface area contributed by atoms with E-state index in [2.05, 4.69) is 11.9 Å². The van der Waals surface area contributed by atoms with Gasteiger partial charge in [0.1, 0.15) is 5.82 Å². The van der Waals surface area contributed by atoms with E-state index in [-0.39, 0.29) is 5.91 Å². The molecule has 0 N–H and O–H groups in total. The molecule has 6 heteroatoms. The van der Waals surface area contributed by atoms with Gasteiger partial charge in [0.05, 0.1) is 6.54 Å². The Bertz CT molecular complexity index is 1010. The average molecular weight is 375 g/mol. The number of amides is 1. The molecule has 0 saturated carbocycles. The lowest BCUT2D eigenvalue weighted by molar-refractivity contribution is 0.0780. The molecule has 2 aromatic heterocycles. The van der Waals surface area contributed by atoms with Crippen LogP contribution in [0.3, 0.4) is 0 Å². The lowest BCUT2D eigenvalue weighted by Crippen LogP contribution is -2.27. The number of hydrogen-bond acceptors (Lipinski definition) is 4.